The molecule has 19 heavy (non-hydrogen) atoms. The Balaban J connectivity index is 2.42. The third-order valence-corrected chi connectivity index (χ3v) is 3.00. The zero-order chi connectivity index (χ0) is 13.8. The van der Waals surface area contributed by atoms with Crippen molar-refractivity contribution in [2.24, 2.45) is 5.73 Å². The van der Waals surface area contributed by atoms with Crippen LogP contribution in [0.2, 0.25) is 5.02 Å². The summed E-state index contributed by atoms with van der Waals surface area (Å²) in [6.07, 6.45) is 0. The highest BCUT2D eigenvalue weighted by Gasteiger charge is 2.13. The minimum atomic E-state index is -0.465. The number of aromatic nitrogens is 3. The van der Waals surface area contributed by atoms with Crippen LogP contribution < -0.4 is 5.73 Å². The molecular weight excluding hydrogens is 271 g/mol. The molecule has 7 heteroatoms. The van der Waals surface area contributed by atoms with E-state index in [-0.39, 0.29) is 11.6 Å². The van der Waals surface area contributed by atoms with Crippen LogP contribution in [0.4, 0.5) is 4.39 Å². The van der Waals surface area contributed by atoms with Gasteiger partial charge in [-0.05, 0) is 18.2 Å². The summed E-state index contributed by atoms with van der Waals surface area (Å²) >= 11 is 5.78. The van der Waals surface area contributed by atoms with Gasteiger partial charge in [-0.2, -0.15) is 0 Å². The first kappa shape index (κ1) is 13.9. The summed E-state index contributed by atoms with van der Waals surface area (Å²) in [6, 6.07) is 4.43. The SMILES string of the molecule is COCCn1c(CN)nnc1-c1ccc(F)c(Cl)c1. The normalized spacial score (nSPS) is 10.9. The van der Waals surface area contributed by atoms with Crippen molar-refractivity contribution in [2.45, 2.75) is 13.1 Å². The molecule has 0 saturated carbocycles. The van der Waals surface area contributed by atoms with Crippen LogP contribution in [0, 0.1) is 5.82 Å². The fourth-order valence-electron chi connectivity index (χ4n) is 1.75. The van der Waals surface area contributed by atoms with E-state index in [1.165, 1.54) is 12.1 Å². The van der Waals surface area contributed by atoms with Crippen molar-refractivity contribution < 1.29 is 9.13 Å². The molecule has 0 unspecified atom stereocenters. The lowest BCUT2D eigenvalue weighted by Crippen LogP contribution is -2.12. The molecule has 0 amide bonds. The third-order valence-electron chi connectivity index (χ3n) is 2.71. The summed E-state index contributed by atoms with van der Waals surface area (Å²) in [5, 5.41) is 8.14. The van der Waals surface area contributed by atoms with E-state index >= 15 is 0 Å². The Morgan fingerprint density at radius 2 is 2.21 bits per heavy atom. The van der Waals surface area contributed by atoms with Crippen LogP contribution in [-0.2, 0) is 17.8 Å². The van der Waals surface area contributed by atoms with E-state index in [0.717, 1.165) is 0 Å². The number of hydrogen-bond donors (Lipinski definition) is 1. The molecular formula is C12H14ClFN4O. The van der Waals surface area contributed by atoms with Crippen LogP contribution in [0.1, 0.15) is 5.82 Å². The number of nitrogens with two attached hydrogens (primary N) is 1. The fraction of sp³-hybridized carbons (Fsp3) is 0.333. The number of halogens is 2. The number of methoxy groups -OCH3 is 1. The van der Waals surface area contributed by atoms with Gasteiger partial charge in [0.25, 0.3) is 0 Å². The van der Waals surface area contributed by atoms with E-state index in [2.05, 4.69) is 10.2 Å². The Hall–Kier alpha value is -1.50. The molecule has 5 nitrogen and oxygen atoms in total. The van der Waals surface area contributed by atoms with Gasteiger partial charge in [0, 0.05) is 19.2 Å². The average Bonchev–Trinajstić information content (AvgIpc) is 2.82. The van der Waals surface area contributed by atoms with Crippen LogP contribution >= 0.6 is 11.6 Å². The molecule has 0 spiro atoms. The second-order valence-electron chi connectivity index (χ2n) is 3.92. The Morgan fingerprint density at radius 3 is 2.84 bits per heavy atom. The molecule has 0 fully saturated rings. The van der Waals surface area contributed by atoms with Gasteiger partial charge in [-0.3, -0.25) is 0 Å². The van der Waals surface area contributed by atoms with Crippen LogP contribution in [0.5, 0.6) is 0 Å². The average molecular weight is 285 g/mol. The quantitative estimate of drug-likeness (QED) is 0.910. The standard InChI is InChI=1S/C12H14ClFN4O/c1-19-5-4-18-11(7-15)16-17-12(18)8-2-3-10(14)9(13)6-8/h2-3,6H,4-5,7,15H2,1H3. The van der Waals surface area contributed by atoms with Crippen molar-refractivity contribution in [3.8, 4) is 11.4 Å². The highest BCUT2D eigenvalue weighted by molar-refractivity contribution is 6.31. The first-order valence-corrected chi connectivity index (χ1v) is 6.11. The van der Waals surface area contributed by atoms with Crippen LogP contribution in [0.15, 0.2) is 18.2 Å². The summed E-state index contributed by atoms with van der Waals surface area (Å²) in [6.45, 7) is 1.35. The third kappa shape index (κ3) is 2.91. The lowest BCUT2D eigenvalue weighted by molar-refractivity contribution is 0.186. The van der Waals surface area contributed by atoms with Gasteiger partial charge in [0.05, 0.1) is 18.2 Å². The summed E-state index contributed by atoms with van der Waals surface area (Å²) in [5.74, 6) is 0.777. The smallest absolute Gasteiger partial charge is 0.164 e. The number of hydrogen-bond acceptors (Lipinski definition) is 4. The molecule has 1 aromatic heterocycles. The van der Waals surface area contributed by atoms with Gasteiger partial charge < -0.3 is 15.0 Å². The maximum atomic E-state index is 13.2. The summed E-state index contributed by atoms with van der Waals surface area (Å²) < 4.78 is 20.1. The molecule has 2 N–H and O–H groups in total. The van der Waals surface area contributed by atoms with Crippen molar-refractivity contribution in [3.05, 3.63) is 34.9 Å². The molecule has 0 radical (unpaired) electrons. The van der Waals surface area contributed by atoms with Crippen LogP contribution in [0.3, 0.4) is 0 Å². The second kappa shape index (κ2) is 6.10. The lowest BCUT2D eigenvalue weighted by Gasteiger charge is -2.09. The second-order valence-corrected chi connectivity index (χ2v) is 4.32. The molecule has 1 heterocycles. The molecule has 0 aliphatic rings. The summed E-state index contributed by atoms with van der Waals surface area (Å²) in [4.78, 5) is 0. The molecule has 0 atom stereocenters. The Kier molecular flexibility index (Phi) is 4.47. The number of nitrogens with zero attached hydrogens (tertiary/aromatic N) is 3. The topological polar surface area (TPSA) is 66.0 Å². The number of benzene rings is 1. The maximum absolute atomic E-state index is 13.2. The number of ether oxygens (including phenoxy) is 1. The first-order valence-electron chi connectivity index (χ1n) is 5.74. The van der Waals surface area contributed by atoms with E-state index in [9.17, 15) is 4.39 Å². The van der Waals surface area contributed by atoms with E-state index < -0.39 is 5.82 Å². The summed E-state index contributed by atoms with van der Waals surface area (Å²) in [5.41, 5.74) is 6.31. The fourth-order valence-corrected chi connectivity index (χ4v) is 1.93. The Bertz CT molecular complexity index is 573. The van der Waals surface area contributed by atoms with Crippen molar-refractivity contribution in [1.82, 2.24) is 14.8 Å². The molecule has 1 aromatic carbocycles. The van der Waals surface area contributed by atoms with Crippen LogP contribution in [0.25, 0.3) is 11.4 Å². The molecule has 0 bridgehead atoms. The van der Waals surface area contributed by atoms with Crippen LogP contribution in [-0.4, -0.2) is 28.5 Å². The van der Waals surface area contributed by atoms with Crippen molar-refractivity contribution in [3.63, 3.8) is 0 Å². The maximum Gasteiger partial charge on any atom is 0.164 e. The van der Waals surface area contributed by atoms with Gasteiger partial charge in [0.2, 0.25) is 0 Å². The van der Waals surface area contributed by atoms with Gasteiger partial charge in [0.1, 0.15) is 11.6 Å². The van der Waals surface area contributed by atoms with Crippen molar-refractivity contribution >= 4 is 11.6 Å². The lowest BCUT2D eigenvalue weighted by atomic mass is 10.2. The van der Waals surface area contributed by atoms with E-state index in [1.54, 1.807) is 13.2 Å². The van der Waals surface area contributed by atoms with Gasteiger partial charge >= 0.3 is 0 Å². The minimum Gasteiger partial charge on any atom is -0.383 e. The monoisotopic (exact) mass is 284 g/mol. The molecule has 0 aliphatic heterocycles. The molecule has 2 aromatic rings. The molecule has 0 saturated heterocycles. The predicted molar refractivity (Wildman–Crippen MR) is 70.2 cm³/mol. The number of rotatable bonds is 5. The van der Waals surface area contributed by atoms with E-state index in [0.29, 0.717) is 30.4 Å². The molecule has 102 valence electrons. The van der Waals surface area contributed by atoms with E-state index in [4.69, 9.17) is 22.1 Å². The van der Waals surface area contributed by atoms with E-state index in [1.807, 2.05) is 4.57 Å². The largest absolute Gasteiger partial charge is 0.383 e. The Morgan fingerprint density at radius 1 is 1.42 bits per heavy atom. The van der Waals surface area contributed by atoms with Crippen molar-refractivity contribution in [2.75, 3.05) is 13.7 Å². The zero-order valence-corrected chi connectivity index (χ0v) is 11.2. The highest BCUT2D eigenvalue weighted by atomic mass is 35.5. The minimum absolute atomic E-state index is 0.0492. The molecule has 2 rings (SSSR count). The van der Waals surface area contributed by atoms with Gasteiger partial charge in [0.15, 0.2) is 5.82 Å². The Labute approximate surface area is 115 Å². The zero-order valence-electron chi connectivity index (χ0n) is 10.4. The van der Waals surface area contributed by atoms with Gasteiger partial charge in [-0.25, -0.2) is 4.39 Å². The first-order chi connectivity index (χ1) is 9.17. The van der Waals surface area contributed by atoms with Gasteiger partial charge in [-0.15, -0.1) is 10.2 Å². The summed E-state index contributed by atoms with van der Waals surface area (Å²) in [7, 11) is 1.61. The molecule has 0 aliphatic carbocycles. The predicted octanol–water partition coefficient (Wildman–Crippen LogP) is 1.84. The highest BCUT2D eigenvalue weighted by Crippen LogP contribution is 2.24. The van der Waals surface area contributed by atoms with Gasteiger partial charge in [-0.1, -0.05) is 11.6 Å². The van der Waals surface area contributed by atoms with Crippen molar-refractivity contribution in [1.29, 1.82) is 0 Å².